The molecule has 0 saturated carbocycles. The first-order valence-electron chi connectivity index (χ1n) is 6.63. The molecule has 0 unspecified atom stereocenters. The van der Waals surface area contributed by atoms with Crippen LogP contribution < -0.4 is 9.05 Å². The van der Waals surface area contributed by atoms with E-state index in [4.69, 9.17) is 20.9 Å². The maximum absolute atomic E-state index is 5.88. The lowest BCUT2D eigenvalue weighted by atomic mass is 10.1. The Morgan fingerprint density at radius 2 is 1.19 bits per heavy atom. The Morgan fingerprint density at radius 3 is 1.57 bits per heavy atom. The quantitative estimate of drug-likeness (QED) is 0.584. The third-order valence-electron chi connectivity index (χ3n) is 3.11. The molecule has 0 atom stereocenters. The van der Waals surface area contributed by atoms with Gasteiger partial charge in [0.15, 0.2) is 0 Å². The number of hydrogen-bond acceptors (Lipinski definition) is 3. The van der Waals surface area contributed by atoms with Gasteiger partial charge in [-0.1, -0.05) is 36.5 Å². The average Bonchev–Trinajstić information content (AvgIpc) is 2.37. The Labute approximate surface area is 136 Å². The van der Waals surface area contributed by atoms with Gasteiger partial charge in [-0.3, -0.25) is 0 Å². The predicted molar refractivity (Wildman–Crippen MR) is 96.4 cm³/mol. The van der Waals surface area contributed by atoms with Crippen LogP contribution in [0, 0.1) is 27.7 Å². The summed E-state index contributed by atoms with van der Waals surface area (Å²) in [5.74, 6) is 1.47. The van der Waals surface area contributed by atoms with Gasteiger partial charge < -0.3 is 9.05 Å². The molecule has 2 rings (SSSR count). The summed E-state index contributed by atoms with van der Waals surface area (Å²) < 4.78 is 11.8. The summed E-state index contributed by atoms with van der Waals surface area (Å²) >= 11 is 9.90. The number of rotatable bonds is 4. The minimum absolute atomic E-state index is 0.735. The van der Waals surface area contributed by atoms with Crippen molar-refractivity contribution in [2.24, 2.45) is 0 Å². The number of thiol groups is 1. The van der Waals surface area contributed by atoms with Gasteiger partial charge in [-0.15, -0.1) is 0 Å². The third kappa shape index (κ3) is 4.50. The van der Waals surface area contributed by atoms with Gasteiger partial charge in [0.25, 0.3) is 0 Å². The lowest BCUT2D eigenvalue weighted by Crippen LogP contribution is -1.98. The van der Waals surface area contributed by atoms with Crippen LogP contribution in [-0.2, 0) is 11.8 Å². The van der Waals surface area contributed by atoms with Crippen LogP contribution in [0.4, 0.5) is 0 Å². The molecular weight excluding hydrogens is 319 g/mol. The SMILES string of the molecule is Cc1ccc(C)c(OP(=S)(S)Oc2cc(C)ccc2C)c1. The third-order valence-corrected chi connectivity index (χ3v) is 4.91. The van der Waals surface area contributed by atoms with Crippen molar-refractivity contribution in [2.75, 3.05) is 0 Å². The van der Waals surface area contributed by atoms with Crippen LogP contribution in [0.1, 0.15) is 22.3 Å². The zero-order chi connectivity index (χ0) is 15.6. The van der Waals surface area contributed by atoms with Crippen LogP contribution in [0.3, 0.4) is 0 Å². The van der Waals surface area contributed by atoms with E-state index in [2.05, 4.69) is 12.2 Å². The van der Waals surface area contributed by atoms with Crippen molar-refractivity contribution in [3.05, 3.63) is 58.7 Å². The average molecular weight is 338 g/mol. The standard InChI is InChI=1S/C16H19O2PS2/c1-11-5-7-13(3)15(9-11)17-19(20,21)18-16-10-12(2)6-8-14(16)4/h5-10H,1-4H3,(H,20,21). The molecule has 0 bridgehead atoms. The van der Waals surface area contributed by atoms with Gasteiger partial charge in [-0.2, -0.15) is 0 Å². The molecule has 0 saturated heterocycles. The maximum Gasteiger partial charge on any atom is 0.345 e. The predicted octanol–water partition coefficient (Wildman–Crippen LogP) is 5.53. The monoisotopic (exact) mass is 338 g/mol. The fraction of sp³-hybridized carbons (Fsp3) is 0.250. The Bertz CT molecular complexity index is 656. The zero-order valence-corrected chi connectivity index (χ0v) is 15.2. The van der Waals surface area contributed by atoms with E-state index in [-0.39, 0.29) is 0 Å². The fourth-order valence-electron chi connectivity index (χ4n) is 1.88. The summed E-state index contributed by atoms with van der Waals surface area (Å²) in [6, 6.07) is 12.0. The highest BCUT2D eigenvalue weighted by Gasteiger charge is 2.19. The van der Waals surface area contributed by atoms with Gasteiger partial charge >= 0.3 is 5.69 Å². The highest BCUT2D eigenvalue weighted by Crippen LogP contribution is 2.54. The van der Waals surface area contributed by atoms with E-state index in [9.17, 15) is 0 Å². The second kappa shape index (κ2) is 6.43. The second-order valence-electron chi connectivity index (χ2n) is 5.19. The van der Waals surface area contributed by atoms with Crippen LogP contribution in [0.2, 0.25) is 0 Å². The summed E-state index contributed by atoms with van der Waals surface area (Å²) in [6.07, 6.45) is 0. The van der Waals surface area contributed by atoms with E-state index in [0.717, 1.165) is 33.8 Å². The van der Waals surface area contributed by atoms with E-state index in [1.54, 1.807) is 0 Å². The highest BCUT2D eigenvalue weighted by molar-refractivity contribution is 8.60. The molecule has 0 fully saturated rings. The molecule has 0 amide bonds. The maximum atomic E-state index is 5.88. The fourth-order valence-corrected chi connectivity index (χ4v) is 3.82. The smallest absolute Gasteiger partial charge is 0.345 e. The Balaban J connectivity index is 2.24. The van der Waals surface area contributed by atoms with Crippen molar-refractivity contribution in [1.82, 2.24) is 0 Å². The van der Waals surface area contributed by atoms with Gasteiger partial charge in [0.05, 0.1) is 0 Å². The molecule has 2 aromatic rings. The van der Waals surface area contributed by atoms with Crippen molar-refractivity contribution in [2.45, 2.75) is 27.7 Å². The van der Waals surface area contributed by atoms with Crippen LogP contribution >= 0.6 is 17.9 Å². The molecule has 0 N–H and O–H groups in total. The summed E-state index contributed by atoms with van der Waals surface area (Å²) in [5, 5.41) is 0. The van der Waals surface area contributed by atoms with Crippen LogP contribution in [-0.4, -0.2) is 0 Å². The first-order valence-corrected chi connectivity index (χ1v) is 10.4. The molecule has 0 aliphatic carbocycles. The summed E-state index contributed by atoms with van der Waals surface area (Å²) in [4.78, 5) is 0. The van der Waals surface area contributed by atoms with Crippen molar-refractivity contribution in [3.63, 3.8) is 0 Å². The second-order valence-corrected chi connectivity index (χ2v) is 10.3. The summed E-state index contributed by atoms with van der Waals surface area (Å²) in [7, 11) is 0. The molecule has 2 aromatic carbocycles. The van der Waals surface area contributed by atoms with Gasteiger partial charge in [-0.05, 0) is 73.9 Å². The van der Waals surface area contributed by atoms with Gasteiger partial charge in [0.1, 0.15) is 11.5 Å². The lowest BCUT2D eigenvalue weighted by molar-refractivity contribution is 0.502. The number of aryl methyl sites for hydroxylation is 4. The largest absolute Gasteiger partial charge is 0.428 e. The molecule has 0 aliphatic rings. The van der Waals surface area contributed by atoms with Crippen molar-refractivity contribution in [3.8, 4) is 11.5 Å². The summed E-state index contributed by atoms with van der Waals surface area (Å²) in [6.45, 7) is 7.99. The van der Waals surface area contributed by atoms with E-state index < -0.39 is 5.69 Å². The van der Waals surface area contributed by atoms with Gasteiger partial charge in [0.2, 0.25) is 0 Å². The Morgan fingerprint density at radius 1 is 0.810 bits per heavy atom. The van der Waals surface area contributed by atoms with E-state index in [1.165, 1.54) is 0 Å². The van der Waals surface area contributed by atoms with Crippen LogP contribution in [0.25, 0.3) is 0 Å². The first kappa shape index (κ1) is 16.4. The molecule has 0 spiro atoms. The van der Waals surface area contributed by atoms with E-state index in [0.29, 0.717) is 0 Å². The molecule has 0 heterocycles. The van der Waals surface area contributed by atoms with E-state index in [1.807, 2.05) is 64.1 Å². The zero-order valence-electron chi connectivity index (χ0n) is 12.6. The van der Waals surface area contributed by atoms with Gasteiger partial charge in [0, 0.05) is 0 Å². The Hall–Kier alpha value is -0.960. The number of benzene rings is 2. The summed E-state index contributed by atoms with van der Waals surface area (Å²) in [5.41, 5.74) is 1.57. The van der Waals surface area contributed by atoms with Crippen molar-refractivity contribution in [1.29, 1.82) is 0 Å². The highest BCUT2D eigenvalue weighted by atomic mass is 32.9. The Kier molecular flexibility index (Phi) is 5.03. The van der Waals surface area contributed by atoms with Crippen molar-refractivity contribution < 1.29 is 9.05 Å². The molecule has 112 valence electrons. The minimum Gasteiger partial charge on any atom is -0.428 e. The van der Waals surface area contributed by atoms with Crippen LogP contribution in [0.5, 0.6) is 11.5 Å². The van der Waals surface area contributed by atoms with Crippen molar-refractivity contribution >= 4 is 29.7 Å². The molecule has 0 aliphatic heterocycles. The molecule has 2 nitrogen and oxygen atoms in total. The topological polar surface area (TPSA) is 18.5 Å². The van der Waals surface area contributed by atoms with Crippen LogP contribution in [0.15, 0.2) is 36.4 Å². The van der Waals surface area contributed by atoms with E-state index >= 15 is 0 Å². The molecule has 0 radical (unpaired) electrons. The lowest BCUT2D eigenvalue weighted by Gasteiger charge is -2.21. The molecule has 5 heteroatoms. The molecule has 21 heavy (non-hydrogen) atoms. The number of hydrogen-bond donors (Lipinski definition) is 1. The molecule has 0 aromatic heterocycles. The normalized spacial score (nSPS) is 11.3. The molecular formula is C16H19O2PS2. The minimum atomic E-state index is -2.70. The first-order chi connectivity index (χ1) is 9.77. The van der Waals surface area contributed by atoms with Gasteiger partial charge in [-0.25, -0.2) is 0 Å².